The molecule has 0 aromatic heterocycles. The number of phenolic OH excluding ortho intramolecular Hbond substituents is 1. The van der Waals surface area contributed by atoms with Crippen molar-refractivity contribution in [1.29, 1.82) is 5.26 Å². The lowest BCUT2D eigenvalue weighted by Crippen LogP contribution is -1.88. The number of aliphatic carboxylic acids is 1. The lowest BCUT2D eigenvalue weighted by molar-refractivity contribution is -0.384. The van der Waals surface area contributed by atoms with Crippen LogP contribution >= 0.6 is 0 Å². The number of nitro groups is 1. The fourth-order valence-electron chi connectivity index (χ4n) is 0.642. The number of rotatable bonds is 2. The van der Waals surface area contributed by atoms with Gasteiger partial charge < -0.3 is 10.2 Å². The van der Waals surface area contributed by atoms with Gasteiger partial charge in [0.25, 0.3) is 5.69 Å². The van der Waals surface area contributed by atoms with E-state index in [9.17, 15) is 14.9 Å². The highest BCUT2D eigenvalue weighted by Crippen LogP contribution is 2.14. The second kappa shape index (κ2) is 6.78. The number of carboxylic acid groups (broad SMARTS) is 1. The summed E-state index contributed by atoms with van der Waals surface area (Å²) in [4.78, 5) is 18.9. The largest absolute Gasteiger partial charge is 0.508 e. The zero-order valence-corrected chi connectivity index (χ0v) is 8.03. The molecular formula is C9H8N2O5. The first-order valence-corrected chi connectivity index (χ1v) is 3.99. The Bertz CT molecular complexity index is 407. The van der Waals surface area contributed by atoms with Gasteiger partial charge in [-0.25, -0.2) is 0 Å². The third-order valence-electron chi connectivity index (χ3n) is 1.29. The Kier molecular flexibility index (Phi) is 5.67. The van der Waals surface area contributed by atoms with Gasteiger partial charge in [-0.1, -0.05) is 0 Å². The first-order valence-electron chi connectivity index (χ1n) is 3.99. The molecule has 0 fully saturated rings. The van der Waals surface area contributed by atoms with Crippen LogP contribution in [0.2, 0.25) is 0 Å². The summed E-state index contributed by atoms with van der Waals surface area (Å²) in [6.45, 7) is 0. The molecule has 0 unspecified atom stereocenters. The molecule has 0 saturated carbocycles. The first kappa shape index (κ1) is 13.4. The normalized spacial score (nSPS) is 8.19. The van der Waals surface area contributed by atoms with Crippen molar-refractivity contribution in [3.63, 3.8) is 0 Å². The molecule has 16 heavy (non-hydrogen) atoms. The van der Waals surface area contributed by atoms with Crippen LogP contribution in [0.15, 0.2) is 24.3 Å². The summed E-state index contributed by atoms with van der Waals surface area (Å²) in [6, 6.07) is 6.51. The molecule has 84 valence electrons. The van der Waals surface area contributed by atoms with Gasteiger partial charge in [0.15, 0.2) is 0 Å². The van der Waals surface area contributed by atoms with Gasteiger partial charge in [0.2, 0.25) is 0 Å². The second-order valence-electron chi connectivity index (χ2n) is 2.50. The minimum Gasteiger partial charge on any atom is -0.508 e. The van der Waals surface area contributed by atoms with Crippen molar-refractivity contribution in [3.8, 4) is 11.8 Å². The van der Waals surface area contributed by atoms with E-state index in [2.05, 4.69) is 0 Å². The van der Waals surface area contributed by atoms with E-state index < -0.39 is 17.3 Å². The predicted molar refractivity (Wildman–Crippen MR) is 52.6 cm³/mol. The van der Waals surface area contributed by atoms with Gasteiger partial charge in [-0.05, 0) is 12.1 Å². The molecule has 0 spiro atoms. The number of nitrogens with zero attached hydrogens (tertiary/aromatic N) is 2. The van der Waals surface area contributed by atoms with Crippen LogP contribution in [-0.4, -0.2) is 21.1 Å². The monoisotopic (exact) mass is 224 g/mol. The van der Waals surface area contributed by atoms with Crippen LogP contribution in [0, 0.1) is 21.4 Å². The Hall–Kier alpha value is -2.62. The van der Waals surface area contributed by atoms with Crippen molar-refractivity contribution in [2.75, 3.05) is 0 Å². The van der Waals surface area contributed by atoms with Gasteiger partial charge in [0.05, 0.1) is 11.0 Å². The SMILES string of the molecule is N#CCC(=O)O.O=[N+]([O-])c1ccc(O)cc1. The Morgan fingerprint density at radius 2 is 1.94 bits per heavy atom. The molecule has 0 aliphatic rings. The molecule has 0 radical (unpaired) electrons. The Morgan fingerprint density at radius 3 is 2.19 bits per heavy atom. The van der Waals surface area contributed by atoms with Crippen molar-refractivity contribution >= 4 is 11.7 Å². The van der Waals surface area contributed by atoms with E-state index in [1.807, 2.05) is 0 Å². The molecule has 7 heteroatoms. The number of hydrogen-bond donors (Lipinski definition) is 2. The Morgan fingerprint density at radius 1 is 1.44 bits per heavy atom. The summed E-state index contributed by atoms with van der Waals surface area (Å²) < 4.78 is 0. The zero-order chi connectivity index (χ0) is 12.6. The summed E-state index contributed by atoms with van der Waals surface area (Å²) in [5, 5.41) is 34.0. The number of nitro benzene ring substituents is 1. The average molecular weight is 224 g/mol. The summed E-state index contributed by atoms with van der Waals surface area (Å²) in [5.41, 5.74) is -0.0159. The summed E-state index contributed by atoms with van der Waals surface area (Å²) in [5.74, 6) is -1.04. The van der Waals surface area contributed by atoms with Gasteiger partial charge in [-0.3, -0.25) is 14.9 Å². The molecule has 1 aromatic carbocycles. The van der Waals surface area contributed by atoms with Crippen molar-refractivity contribution in [2.45, 2.75) is 6.42 Å². The maximum absolute atomic E-state index is 10.0. The number of carboxylic acids is 1. The quantitative estimate of drug-likeness (QED) is 0.575. The Labute approximate surface area is 90.3 Å². The number of nitriles is 1. The maximum Gasteiger partial charge on any atom is 0.317 e. The second-order valence-corrected chi connectivity index (χ2v) is 2.50. The van der Waals surface area contributed by atoms with Gasteiger partial charge in [0, 0.05) is 12.1 Å². The van der Waals surface area contributed by atoms with Crippen LogP contribution in [0.1, 0.15) is 6.42 Å². The molecule has 0 saturated heterocycles. The third kappa shape index (κ3) is 5.93. The topological polar surface area (TPSA) is 124 Å². The fourth-order valence-corrected chi connectivity index (χ4v) is 0.642. The van der Waals surface area contributed by atoms with Crippen LogP contribution in [0.25, 0.3) is 0 Å². The molecule has 2 N–H and O–H groups in total. The van der Waals surface area contributed by atoms with Crippen LogP contribution in [0.4, 0.5) is 5.69 Å². The lowest BCUT2D eigenvalue weighted by atomic mass is 10.3. The number of hydrogen-bond acceptors (Lipinski definition) is 5. The highest BCUT2D eigenvalue weighted by Gasteiger charge is 2.01. The minimum atomic E-state index is -1.07. The lowest BCUT2D eigenvalue weighted by Gasteiger charge is -1.89. The highest BCUT2D eigenvalue weighted by molar-refractivity contribution is 5.69. The van der Waals surface area contributed by atoms with Crippen molar-refractivity contribution in [2.24, 2.45) is 0 Å². The molecule has 0 aliphatic carbocycles. The molecule has 0 aliphatic heterocycles. The molecule has 7 nitrogen and oxygen atoms in total. The Balaban J connectivity index is 0.000000325. The van der Waals surface area contributed by atoms with E-state index in [4.69, 9.17) is 15.5 Å². The van der Waals surface area contributed by atoms with E-state index in [-0.39, 0.29) is 11.4 Å². The predicted octanol–water partition coefficient (Wildman–Crippen LogP) is 1.29. The van der Waals surface area contributed by atoms with E-state index in [1.165, 1.54) is 30.3 Å². The standard InChI is InChI=1S/C6H5NO3.C3H3NO2/c8-6-3-1-5(2-4-6)7(9)10;4-2-1-3(5)6/h1-4,8H;1H2,(H,5,6). The van der Waals surface area contributed by atoms with Crippen LogP contribution < -0.4 is 0 Å². The molecule has 0 heterocycles. The number of benzene rings is 1. The van der Waals surface area contributed by atoms with E-state index in [0.29, 0.717) is 0 Å². The number of phenols is 1. The number of non-ortho nitro benzene ring substituents is 1. The van der Waals surface area contributed by atoms with Crippen molar-refractivity contribution in [1.82, 2.24) is 0 Å². The number of carbonyl (C=O) groups is 1. The van der Waals surface area contributed by atoms with Crippen LogP contribution in [0.3, 0.4) is 0 Å². The maximum atomic E-state index is 10.0. The number of aromatic hydroxyl groups is 1. The van der Waals surface area contributed by atoms with Gasteiger partial charge in [-0.2, -0.15) is 5.26 Å². The molecule has 0 bridgehead atoms. The molecule has 0 atom stereocenters. The average Bonchev–Trinajstić information content (AvgIpc) is 2.19. The molecule has 1 aromatic rings. The molecule has 0 amide bonds. The summed E-state index contributed by atoms with van der Waals surface area (Å²) in [6.07, 6.45) is -0.403. The molecule has 1 rings (SSSR count). The summed E-state index contributed by atoms with van der Waals surface area (Å²) >= 11 is 0. The minimum absolute atomic E-state index is 0.0159. The van der Waals surface area contributed by atoms with E-state index in [0.717, 1.165) is 0 Å². The molecular weight excluding hydrogens is 216 g/mol. The third-order valence-corrected chi connectivity index (χ3v) is 1.29. The fraction of sp³-hybridized carbons (Fsp3) is 0.111. The van der Waals surface area contributed by atoms with Crippen LogP contribution in [-0.2, 0) is 4.79 Å². The van der Waals surface area contributed by atoms with Gasteiger partial charge in [0.1, 0.15) is 12.2 Å². The van der Waals surface area contributed by atoms with Gasteiger partial charge in [-0.15, -0.1) is 0 Å². The summed E-state index contributed by atoms with van der Waals surface area (Å²) in [7, 11) is 0. The zero-order valence-electron chi connectivity index (χ0n) is 8.03. The van der Waals surface area contributed by atoms with Crippen LogP contribution in [0.5, 0.6) is 5.75 Å². The van der Waals surface area contributed by atoms with Crippen molar-refractivity contribution < 1.29 is 19.9 Å². The van der Waals surface area contributed by atoms with E-state index >= 15 is 0 Å². The van der Waals surface area contributed by atoms with Gasteiger partial charge >= 0.3 is 5.97 Å². The van der Waals surface area contributed by atoms with Crippen molar-refractivity contribution in [3.05, 3.63) is 34.4 Å². The highest BCUT2D eigenvalue weighted by atomic mass is 16.6. The first-order chi connectivity index (χ1) is 7.47. The van der Waals surface area contributed by atoms with E-state index in [1.54, 1.807) is 0 Å². The smallest absolute Gasteiger partial charge is 0.317 e.